The van der Waals surface area contributed by atoms with Crippen LogP contribution in [0.3, 0.4) is 0 Å². The number of rotatable bonds is 6. The molecule has 2 atom stereocenters. The fourth-order valence-corrected chi connectivity index (χ4v) is 3.12. The Morgan fingerprint density at radius 3 is 2.76 bits per heavy atom. The number of amides is 1. The number of fused-ring (bicyclic) bond motifs is 1. The third-order valence-corrected chi connectivity index (χ3v) is 4.55. The van der Waals surface area contributed by atoms with Crippen LogP contribution in [0.4, 0.5) is 4.39 Å². The standard InChI is InChI=1S/C18H24FN5O/c1-12(17-23-22-16-5-3-4-10-24(16)17)21-13(2)18(25)20-11-14-6-8-15(19)9-7-14/h6-9,12-13,21H,3-5,10-11H2,1-2H3,(H,20,25)/t12-,13-/m0/s1. The molecule has 2 N–H and O–H groups in total. The van der Waals surface area contributed by atoms with Gasteiger partial charge in [-0.3, -0.25) is 10.1 Å². The predicted molar refractivity (Wildman–Crippen MR) is 92.2 cm³/mol. The molecule has 3 rings (SSSR count). The maximum Gasteiger partial charge on any atom is 0.237 e. The second-order valence-electron chi connectivity index (χ2n) is 6.54. The molecule has 0 aliphatic carbocycles. The van der Waals surface area contributed by atoms with E-state index in [1.807, 2.05) is 13.8 Å². The first kappa shape index (κ1) is 17.5. The highest BCUT2D eigenvalue weighted by atomic mass is 19.1. The molecule has 7 heteroatoms. The van der Waals surface area contributed by atoms with Crippen LogP contribution in [0.2, 0.25) is 0 Å². The van der Waals surface area contributed by atoms with Crippen LogP contribution in [0.1, 0.15) is 49.9 Å². The number of nitrogens with zero attached hydrogens (tertiary/aromatic N) is 3. The van der Waals surface area contributed by atoms with Crippen molar-refractivity contribution in [3.63, 3.8) is 0 Å². The lowest BCUT2D eigenvalue weighted by molar-refractivity contribution is -0.123. The number of hydrogen-bond acceptors (Lipinski definition) is 4. The molecule has 2 heterocycles. The van der Waals surface area contributed by atoms with Gasteiger partial charge in [0.15, 0.2) is 0 Å². The summed E-state index contributed by atoms with van der Waals surface area (Å²) in [4.78, 5) is 12.3. The zero-order valence-electron chi connectivity index (χ0n) is 14.6. The Balaban J connectivity index is 1.54. The van der Waals surface area contributed by atoms with Crippen molar-refractivity contribution in [1.82, 2.24) is 25.4 Å². The third kappa shape index (κ3) is 4.22. The van der Waals surface area contributed by atoms with E-state index < -0.39 is 0 Å². The smallest absolute Gasteiger partial charge is 0.237 e. The van der Waals surface area contributed by atoms with E-state index >= 15 is 0 Å². The van der Waals surface area contributed by atoms with Crippen molar-refractivity contribution in [2.45, 2.75) is 58.3 Å². The van der Waals surface area contributed by atoms with Crippen LogP contribution in [0, 0.1) is 5.82 Å². The second-order valence-corrected chi connectivity index (χ2v) is 6.54. The largest absolute Gasteiger partial charge is 0.351 e. The molecule has 6 nitrogen and oxygen atoms in total. The average molecular weight is 345 g/mol. The van der Waals surface area contributed by atoms with E-state index in [-0.39, 0.29) is 23.8 Å². The molecular formula is C18H24FN5O. The number of hydrogen-bond donors (Lipinski definition) is 2. The molecule has 1 aliphatic rings. The molecule has 0 saturated heterocycles. The lowest BCUT2D eigenvalue weighted by Gasteiger charge is -2.21. The molecule has 1 aromatic heterocycles. The minimum Gasteiger partial charge on any atom is -0.351 e. The number of carbonyl (C=O) groups excluding carboxylic acids is 1. The second kappa shape index (κ2) is 7.74. The van der Waals surface area contributed by atoms with Gasteiger partial charge in [0.1, 0.15) is 17.5 Å². The van der Waals surface area contributed by atoms with Crippen molar-refractivity contribution in [2.75, 3.05) is 0 Å². The SMILES string of the molecule is C[C@H](N[C@@H](C)c1nnc2n1CCCC2)C(=O)NCc1ccc(F)cc1. The maximum atomic E-state index is 12.9. The Bertz CT molecular complexity index is 728. The molecule has 0 saturated carbocycles. The summed E-state index contributed by atoms with van der Waals surface area (Å²) in [6.07, 6.45) is 3.26. The van der Waals surface area contributed by atoms with Gasteiger partial charge in [0.2, 0.25) is 5.91 Å². The highest BCUT2D eigenvalue weighted by molar-refractivity contribution is 5.81. The normalized spacial score (nSPS) is 16.1. The van der Waals surface area contributed by atoms with Crippen molar-refractivity contribution in [2.24, 2.45) is 0 Å². The number of aromatic nitrogens is 3. The molecule has 134 valence electrons. The number of aryl methyl sites for hydroxylation is 1. The van der Waals surface area contributed by atoms with Crippen LogP contribution in [0.25, 0.3) is 0 Å². The number of halogens is 1. The van der Waals surface area contributed by atoms with Crippen LogP contribution in [-0.2, 0) is 24.3 Å². The number of carbonyl (C=O) groups is 1. The molecule has 0 fully saturated rings. The maximum absolute atomic E-state index is 12.9. The summed E-state index contributed by atoms with van der Waals surface area (Å²) < 4.78 is 15.1. The summed E-state index contributed by atoms with van der Waals surface area (Å²) in [7, 11) is 0. The van der Waals surface area contributed by atoms with E-state index in [9.17, 15) is 9.18 Å². The van der Waals surface area contributed by atoms with Gasteiger partial charge in [0.05, 0.1) is 12.1 Å². The van der Waals surface area contributed by atoms with Crippen LogP contribution in [0.5, 0.6) is 0 Å². The zero-order chi connectivity index (χ0) is 17.8. The Kier molecular flexibility index (Phi) is 5.43. The van der Waals surface area contributed by atoms with Gasteiger partial charge in [-0.05, 0) is 44.4 Å². The summed E-state index contributed by atoms with van der Waals surface area (Å²) in [6, 6.07) is 5.68. The number of nitrogens with one attached hydrogen (secondary N) is 2. The molecule has 1 amide bonds. The molecule has 25 heavy (non-hydrogen) atoms. The molecular weight excluding hydrogens is 321 g/mol. The lowest BCUT2D eigenvalue weighted by Crippen LogP contribution is -2.43. The van der Waals surface area contributed by atoms with E-state index in [2.05, 4.69) is 25.4 Å². The fourth-order valence-electron chi connectivity index (χ4n) is 3.12. The topological polar surface area (TPSA) is 71.8 Å². The Morgan fingerprint density at radius 2 is 2.00 bits per heavy atom. The quantitative estimate of drug-likeness (QED) is 0.841. The summed E-state index contributed by atoms with van der Waals surface area (Å²) in [5.41, 5.74) is 0.863. The molecule has 2 aromatic rings. The van der Waals surface area contributed by atoms with E-state index in [1.54, 1.807) is 12.1 Å². The van der Waals surface area contributed by atoms with Crippen molar-refractivity contribution >= 4 is 5.91 Å². The summed E-state index contributed by atoms with van der Waals surface area (Å²) >= 11 is 0. The minimum atomic E-state index is -0.369. The molecule has 1 aliphatic heterocycles. The third-order valence-electron chi connectivity index (χ3n) is 4.55. The first-order valence-electron chi connectivity index (χ1n) is 8.75. The van der Waals surface area contributed by atoms with Crippen LogP contribution >= 0.6 is 0 Å². The molecule has 0 spiro atoms. The van der Waals surface area contributed by atoms with Gasteiger partial charge in [-0.25, -0.2) is 4.39 Å². The van der Waals surface area contributed by atoms with Gasteiger partial charge in [0, 0.05) is 19.5 Å². The molecule has 0 bridgehead atoms. The van der Waals surface area contributed by atoms with Crippen molar-refractivity contribution in [3.05, 3.63) is 47.3 Å². The van der Waals surface area contributed by atoms with Gasteiger partial charge < -0.3 is 9.88 Å². The van der Waals surface area contributed by atoms with E-state index in [0.29, 0.717) is 6.54 Å². The first-order chi connectivity index (χ1) is 12.0. The van der Waals surface area contributed by atoms with Gasteiger partial charge in [0.25, 0.3) is 0 Å². The van der Waals surface area contributed by atoms with Crippen molar-refractivity contribution < 1.29 is 9.18 Å². The Hall–Kier alpha value is -2.28. The summed E-state index contributed by atoms with van der Waals surface area (Å²) in [5, 5.41) is 14.7. The highest BCUT2D eigenvalue weighted by Gasteiger charge is 2.23. The Labute approximate surface area is 146 Å². The average Bonchev–Trinajstić information content (AvgIpc) is 3.05. The van der Waals surface area contributed by atoms with Gasteiger partial charge >= 0.3 is 0 Å². The molecule has 0 unspecified atom stereocenters. The highest BCUT2D eigenvalue weighted by Crippen LogP contribution is 2.19. The van der Waals surface area contributed by atoms with Crippen molar-refractivity contribution in [3.8, 4) is 0 Å². The van der Waals surface area contributed by atoms with E-state index in [1.165, 1.54) is 12.1 Å². The van der Waals surface area contributed by atoms with Gasteiger partial charge in [-0.1, -0.05) is 12.1 Å². The number of benzene rings is 1. The van der Waals surface area contributed by atoms with E-state index in [0.717, 1.165) is 43.0 Å². The fraction of sp³-hybridized carbons (Fsp3) is 0.500. The van der Waals surface area contributed by atoms with E-state index in [4.69, 9.17) is 0 Å². The monoisotopic (exact) mass is 345 g/mol. The molecule has 1 aromatic carbocycles. The van der Waals surface area contributed by atoms with Crippen molar-refractivity contribution in [1.29, 1.82) is 0 Å². The van der Waals surface area contributed by atoms with Crippen LogP contribution in [-0.4, -0.2) is 26.7 Å². The molecule has 0 radical (unpaired) electrons. The summed E-state index contributed by atoms with van der Waals surface area (Å²) in [6.45, 7) is 5.13. The van der Waals surface area contributed by atoms with Gasteiger partial charge in [-0.2, -0.15) is 0 Å². The predicted octanol–water partition coefficient (Wildman–Crippen LogP) is 2.11. The minimum absolute atomic E-state index is 0.0640. The van der Waals surface area contributed by atoms with Crippen LogP contribution in [0.15, 0.2) is 24.3 Å². The lowest BCUT2D eigenvalue weighted by atomic mass is 10.1. The van der Waals surface area contributed by atoms with Gasteiger partial charge in [-0.15, -0.1) is 10.2 Å². The first-order valence-corrected chi connectivity index (χ1v) is 8.75. The summed E-state index contributed by atoms with van der Waals surface area (Å²) in [5.74, 6) is 1.53. The Morgan fingerprint density at radius 1 is 1.24 bits per heavy atom. The van der Waals surface area contributed by atoms with Crippen LogP contribution < -0.4 is 10.6 Å². The zero-order valence-corrected chi connectivity index (χ0v) is 14.6.